The van der Waals surface area contributed by atoms with Gasteiger partial charge >= 0.3 is 12.1 Å². The second-order valence-corrected chi connectivity index (χ2v) is 9.51. The van der Waals surface area contributed by atoms with Crippen LogP contribution in [0.25, 0.3) is 11.3 Å². The van der Waals surface area contributed by atoms with Gasteiger partial charge in [0.1, 0.15) is 17.3 Å². The first-order valence-corrected chi connectivity index (χ1v) is 11.9. The van der Waals surface area contributed by atoms with E-state index in [-0.39, 0.29) is 0 Å². The van der Waals surface area contributed by atoms with E-state index in [0.29, 0.717) is 28.7 Å². The minimum atomic E-state index is -4.38. The molecule has 0 saturated carbocycles. The lowest BCUT2D eigenvalue weighted by molar-refractivity contribution is -0.139. The third kappa shape index (κ3) is 7.06. The molecule has 0 spiro atoms. The highest BCUT2D eigenvalue weighted by atomic mass is 32.2. The summed E-state index contributed by atoms with van der Waals surface area (Å²) in [6.45, 7) is 5.72. The van der Waals surface area contributed by atoms with Crippen molar-refractivity contribution >= 4 is 17.7 Å². The van der Waals surface area contributed by atoms with Crippen LogP contribution in [0.5, 0.6) is 5.75 Å². The van der Waals surface area contributed by atoms with Crippen molar-refractivity contribution in [2.24, 2.45) is 5.92 Å². The molecule has 0 unspecified atom stereocenters. The van der Waals surface area contributed by atoms with Gasteiger partial charge in [-0.3, -0.25) is 0 Å². The highest BCUT2D eigenvalue weighted by molar-refractivity contribution is 7.98. The fourth-order valence-corrected chi connectivity index (χ4v) is 4.35. The van der Waals surface area contributed by atoms with Gasteiger partial charge in [0.05, 0.1) is 5.56 Å². The number of furan rings is 1. The average Bonchev–Trinajstić information content (AvgIpc) is 3.18. The Morgan fingerprint density at radius 2 is 1.82 bits per heavy atom. The summed E-state index contributed by atoms with van der Waals surface area (Å²) < 4.78 is 50.1. The molecule has 8 heteroatoms. The van der Waals surface area contributed by atoms with Crippen molar-refractivity contribution in [2.75, 3.05) is 6.61 Å². The number of aliphatic carboxylic acids is 1. The fourth-order valence-electron chi connectivity index (χ4n) is 3.36. The summed E-state index contributed by atoms with van der Waals surface area (Å²) in [6.07, 6.45) is -2.69. The minimum absolute atomic E-state index is 0.395. The normalized spacial score (nSPS) is 11.7. The van der Waals surface area contributed by atoms with E-state index >= 15 is 0 Å². The molecule has 4 nitrogen and oxygen atoms in total. The highest BCUT2D eigenvalue weighted by Crippen LogP contribution is 2.35. The molecule has 182 valence electrons. The third-order valence-electron chi connectivity index (χ3n) is 5.23. The lowest BCUT2D eigenvalue weighted by Crippen LogP contribution is -2.09. The van der Waals surface area contributed by atoms with Crippen molar-refractivity contribution in [3.05, 3.63) is 71.0 Å². The van der Waals surface area contributed by atoms with E-state index in [1.54, 1.807) is 17.8 Å². The van der Waals surface area contributed by atoms with Crippen LogP contribution in [0.3, 0.4) is 0 Å². The van der Waals surface area contributed by atoms with Crippen molar-refractivity contribution < 1.29 is 32.2 Å². The van der Waals surface area contributed by atoms with Gasteiger partial charge in [-0.1, -0.05) is 26.0 Å². The van der Waals surface area contributed by atoms with Crippen molar-refractivity contribution in [2.45, 2.75) is 50.4 Å². The van der Waals surface area contributed by atoms with Gasteiger partial charge < -0.3 is 14.3 Å². The Morgan fingerprint density at radius 3 is 2.41 bits per heavy atom. The molecule has 3 rings (SSSR count). The Hall–Kier alpha value is -2.87. The van der Waals surface area contributed by atoms with E-state index in [4.69, 9.17) is 14.3 Å². The third-order valence-corrected chi connectivity index (χ3v) is 6.28. The lowest BCUT2D eigenvalue weighted by Gasteiger charge is -2.09. The maximum atomic E-state index is 12.9. The number of rotatable bonds is 10. The van der Waals surface area contributed by atoms with Crippen LogP contribution >= 0.6 is 11.8 Å². The SMILES string of the molecule is Cc1cc(SCc2cc(-c3ccc(C(F)(F)F)cc3)oc2CCC(C)C)ccc1OCC(=O)O. The van der Waals surface area contributed by atoms with Gasteiger partial charge in [0.15, 0.2) is 6.61 Å². The summed E-state index contributed by atoms with van der Waals surface area (Å²) in [5.74, 6) is 2.01. The van der Waals surface area contributed by atoms with Crippen molar-refractivity contribution in [1.29, 1.82) is 0 Å². The number of carboxylic acid groups (broad SMARTS) is 1. The second kappa shape index (κ2) is 11.0. The first-order chi connectivity index (χ1) is 16.0. The summed E-state index contributed by atoms with van der Waals surface area (Å²) in [6, 6.07) is 12.5. The van der Waals surface area contributed by atoms with E-state index in [9.17, 15) is 18.0 Å². The minimum Gasteiger partial charge on any atom is -0.482 e. The van der Waals surface area contributed by atoms with Crippen LogP contribution < -0.4 is 4.74 Å². The van der Waals surface area contributed by atoms with Crippen LogP contribution in [0.15, 0.2) is 57.8 Å². The van der Waals surface area contributed by atoms with Crippen molar-refractivity contribution in [3.8, 4) is 17.1 Å². The maximum absolute atomic E-state index is 12.9. The summed E-state index contributed by atoms with van der Waals surface area (Å²) >= 11 is 1.60. The van der Waals surface area contributed by atoms with Crippen LogP contribution in [-0.2, 0) is 23.1 Å². The monoisotopic (exact) mass is 492 g/mol. The lowest BCUT2D eigenvalue weighted by atomic mass is 10.1. The highest BCUT2D eigenvalue weighted by Gasteiger charge is 2.30. The molecule has 0 aliphatic rings. The Labute approximate surface area is 201 Å². The van der Waals surface area contributed by atoms with E-state index in [2.05, 4.69) is 13.8 Å². The molecule has 0 radical (unpaired) electrons. The summed E-state index contributed by atoms with van der Waals surface area (Å²) in [5, 5.41) is 8.78. The van der Waals surface area contributed by atoms with Crippen LogP contribution in [-0.4, -0.2) is 17.7 Å². The molecule has 34 heavy (non-hydrogen) atoms. The number of carboxylic acids is 1. The molecule has 3 aromatic rings. The first kappa shape index (κ1) is 25.7. The zero-order valence-corrected chi connectivity index (χ0v) is 20.1. The van der Waals surface area contributed by atoms with Crippen LogP contribution in [0.4, 0.5) is 13.2 Å². The molecule has 0 saturated heterocycles. The fraction of sp³-hybridized carbons (Fsp3) is 0.346. The topological polar surface area (TPSA) is 59.7 Å². The molecule has 2 aromatic carbocycles. The molecular formula is C26H27F3O4S. The summed E-state index contributed by atoms with van der Waals surface area (Å²) in [7, 11) is 0. The van der Waals surface area contributed by atoms with E-state index in [1.165, 1.54) is 12.1 Å². The summed E-state index contributed by atoms with van der Waals surface area (Å²) in [4.78, 5) is 11.7. The molecule has 0 atom stereocenters. The quantitative estimate of drug-likeness (QED) is 0.295. The first-order valence-electron chi connectivity index (χ1n) is 10.9. The van der Waals surface area contributed by atoms with E-state index in [0.717, 1.165) is 46.8 Å². The number of benzene rings is 2. The van der Waals surface area contributed by atoms with Gasteiger partial charge in [-0.2, -0.15) is 13.2 Å². The summed E-state index contributed by atoms with van der Waals surface area (Å²) in [5.41, 5.74) is 1.75. The van der Waals surface area contributed by atoms with Gasteiger partial charge in [0.25, 0.3) is 0 Å². The van der Waals surface area contributed by atoms with Gasteiger partial charge in [0.2, 0.25) is 0 Å². The Bertz CT molecular complexity index is 1120. The predicted molar refractivity (Wildman–Crippen MR) is 126 cm³/mol. The number of carbonyl (C=O) groups is 1. The van der Waals surface area contributed by atoms with Crippen molar-refractivity contribution in [1.82, 2.24) is 0 Å². The molecule has 1 heterocycles. The number of aryl methyl sites for hydroxylation is 2. The Kier molecular flexibility index (Phi) is 8.36. The molecule has 0 bridgehead atoms. The number of ether oxygens (including phenoxy) is 1. The van der Waals surface area contributed by atoms with E-state index < -0.39 is 24.3 Å². The van der Waals surface area contributed by atoms with E-state index in [1.807, 2.05) is 25.1 Å². The molecule has 1 N–H and O–H groups in total. The number of halogens is 3. The molecule has 0 aliphatic carbocycles. The van der Waals surface area contributed by atoms with Gasteiger partial charge in [-0.05, 0) is 61.2 Å². The Morgan fingerprint density at radius 1 is 1.12 bits per heavy atom. The number of hydrogen-bond acceptors (Lipinski definition) is 4. The predicted octanol–water partition coefficient (Wildman–Crippen LogP) is 7.62. The number of hydrogen-bond donors (Lipinski definition) is 1. The molecular weight excluding hydrogens is 465 g/mol. The standard InChI is InChI=1S/C26H27F3O4S/c1-16(2)4-10-23-19(13-24(33-23)18-5-7-20(8-6-18)26(27,28)29)15-34-21-9-11-22(17(3)12-21)32-14-25(30)31/h5-9,11-13,16H,4,10,14-15H2,1-3H3,(H,30,31). The number of alkyl halides is 3. The zero-order chi connectivity index (χ0) is 24.9. The maximum Gasteiger partial charge on any atom is 0.416 e. The van der Waals surface area contributed by atoms with Crippen LogP contribution in [0, 0.1) is 12.8 Å². The van der Waals surface area contributed by atoms with Gasteiger partial charge in [-0.25, -0.2) is 4.79 Å². The van der Waals surface area contributed by atoms with Crippen LogP contribution in [0.1, 0.15) is 42.7 Å². The molecule has 0 fully saturated rings. The average molecular weight is 493 g/mol. The zero-order valence-electron chi connectivity index (χ0n) is 19.2. The molecule has 1 aromatic heterocycles. The molecule has 0 aliphatic heterocycles. The smallest absolute Gasteiger partial charge is 0.416 e. The van der Waals surface area contributed by atoms with Crippen molar-refractivity contribution in [3.63, 3.8) is 0 Å². The number of thioether (sulfide) groups is 1. The molecule has 0 amide bonds. The van der Waals surface area contributed by atoms with Gasteiger partial charge in [-0.15, -0.1) is 11.8 Å². The van der Waals surface area contributed by atoms with Crippen LogP contribution in [0.2, 0.25) is 0 Å². The van der Waals surface area contributed by atoms with Gasteiger partial charge in [0, 0.05) is 28.2 Å². The largest absolute Gasteiger partial charge is 0.482 e. The Balaban J connectivity index is 1.78. The second-order valence-electron chi connectivity index (χ2n) is 8.47.